The first kappa shape index (κ1) is 19.5. The number of aryl methyl sites for hydroxylation is 1. The Kier molecular flexibility index (Phi) is 6.26. The van der Waals surface area contributed by atoms with Crippen molar-refractivity contribution >= 4 is 17.0 Å². The Hall–Kier alpha value is -2.21. The first-order chi connectivity index (χ1) is 12.7. The van der Waals surface area contributed by atoms with Gasteiger partial charge in [0.2, 0.25) is 0 Å². The first-order valence-corrected chi connectivity index (χ1v) is 8.97. The SMILES string of the molecule is Br.FC(F)Oc1ccc(-c2c[n+]3c(n2-c2ccccc2)CCCCC3)cc1. The van der Waals surface area contributed by atoms with Crippen molar-refractivity contribution in [3.8, 4) is 22.7 Å². The van der Waals surface area contributed by atoms with Gasteiger partial charge in [0, 0.05) is 12.0 Å². The minimum absolute atomic E-state index is 0. The molecule has 1 aromatic heterocycles. The van der Waals surface area contributed by atoms with Gasteiger partial charge in [-0.1, -0.05) is 18.2 Å². The summed E-state index contributed by atoms with van der Waals surface area (Å²) in [7, 11) is 0. The lowest BCUT2D eigenvalue weighted by Crippen LogP contribution is -2.35. The van der Waals surface area contributed by atoms with E-state index in [0.29, 0.717) is 0 Å². The maximum Gasteiger partial charge on any atom is 0.387 e. The average Bonchev–Trinajstić information content (AvgIpc) is 2.85. The molecule has 142 valence electrons. The van der Waals surface area contributed by atoms with E-state index in [1.54, 1.807) is 12.1 Å². The molecule has 0 bridgehead atoms. The summed E-state index contributed by atoms with van der Waals surface area (Å²) in [5, 5.41) is 0. The van der Waals surface area contributed by atoms with Gasteiger partial charge in [-0.25, -0.2) is 4.57 Å². The predicted molar refractivity (Wildman–Crippen MR) is 106 cm³/mol. The van der Waals surface area contributed by atoms with Gasteiger partial charge in [0.05, 0.1) is 6.54 Å². The molecule has 3 aromatic rings. The number of halogens is 3. The molecule has 0 saturated heterocycles. The van der Waals surface area contributed by atoms with Crippen molar-refractivity contribution in [2.75, 3.05) is 0 Å². The number of ether oxygens (including phenoxy) is 1. The summed E-state index contributed by atoms with van der Waals surface area (Å²) in [6, 6.07) is 17.2. The van der Waals surface area contributed by atoms with Crippen molar-refractivity contribution in [2.45, 2.75) is 38.8 Å². The predicted octanol–water partition coefficient (Wildman–Crippen LogP) is 5.34. The van der Waals surface area contributed by atoms with E-state index in [1.807, 2.05) is 30.3 Å². The van der Waals surface area contributed by atoms with Gasteiger partial charge in [0.1, 0.15) is 17.6 Å². The number of para-hydroxylation sites is 1. The van der Waals surface area contributed by atoms with Crippen LogP contribution in [0.4, 0.5) is 8.78 Å². The summed E-state index contributed by atoms with van der Waals surface area (Å²) in [6.07, 6.45) is 6.80. The Labute approximate surface area is 168 Å². The Morgan fingerprint density at radius 3 is 2.37 bits per heavy atom. The number of rotatable bonds is 4. The minimum atomic E-state index is -2.80. The maximum absolute atomic E-state index is 12.4. The van der Waals surface area contributed by atoms with Crippen LogP contribution in [-0.2, 0) is 13.0 Å². The molecule has 0 aliphatic carbocycles. The molecule has 0 unspecified atom stereocenters. The lowest BCUT2D eigenvalue weighted by molar-refractivity contribution is -0.702. The van der Waals surface area contributed by atoms with Crippen LogP contribution in [0.1, 0.15) is 25.1 Å². The van der Waals surface area contributed by atoms with Crippen molar-refractivity contribution < 1.29 is 18.1 Å². The summed E-state index contributed by atoms with van der Waals surface area (Å²) in [6.45, 7) is -1.80. The van der Waals surface area contributed by atoms with Crippen molar-refractivity contribution in [1.82, 2.24) is 4.57 Å². The Morgan fingerprint density at radius 2 is 1.67 bits per heavy atom. The second-order valence-corrected chi connectivity index (χ2v) is 6.51. The van der Waals surface area contributed by atoms with E-state index in [2.05, 4.69) is 32.2 Å². The number of nitrogens with zero attached hydrogens (tertiary/aromatic N) is 2. The van der Waals surface area contributed by atoms with Gasteiger partial charge in [-0.3, -0.25) is 0 Å². The number of imidazole rings is 1. The monoisotopic (exact) mass is 435 g/mol. The van der Waals surface area contributed by atoms with Crippen molar-refractivity contribution in [1.29, 1.82) is 0 Å². The molecule has 0 amide bonds. The Bertz CT molecular complexity index is 879. The Balaban J connectivity index is 0.00000210. The topological polar surface area (TPSA) is 18.0 Å². The van der Waals surface area contributed by atoms with Crippen LogP contribution in [-0.4, -0.2) is 11.2 Å². The molecule has 0 spiro atoms. The van der Waals surface area contributed by atoms with E-state index in [-0.39, 0.29) is 22.7 Å². The number of hydrogen-bond donors (Lipinski definition) is 0. The molecule has 1 aliphatic rings. The molecule has 0 radical (unpaired) electrons. The van der Waals surface area contributed by atoms with Crippen molar-refractivity contribution in [3.05, 3.63) is 66.6 Å². The van der Waals surface area contributed by atoms with E-state index < -0.39 is 6.61 Å². The van der Waals surface area contributed by atoms with Gasteiger partial charge in [-0.15, -0.1) is 17.0 Å². The van der Waals surface area contributed by atoms with Gasteiger partial charge in [0.15, 0.2) is 5.69 Å². The second-order valence-electron chi connectivity index (χ2n) is 6.51. The summed E-state index contributed by atoms with van der Waals surface area (Å²) in [4.78, 5) is 0. The fourth-order valence-electron chi connectivity index (χ4n) is 3.61. The van der Waals surface area contributed by atoms with E-state index >= 15 is 0 Å². The van der Waals surface area contributed by atoms with Gasteiger partial charge in [-0.05, 0) is 55.7 Å². The largest absolute Gasteiger partial charge is 0.435 e. The summed E-state index contributed by atoms with van der Waals surface area (Å²) in [5.74, 6) is 1.47. The number of fused-ring (bicyclic) bond motifs is 1. The quantitative estimate of drug-likeness (QED) is 0.505. The van der Waals surface area contributed by atoms with Gasteiger partial charge >= 0.3 is 6.61 Å². The molecule has 6 heteroatoms. The van der Waals surface area contributed by atoms with Crippen LogP contribution in [0.2, 0.25) is 0 Å². The Morgan fingerprint density at radius 1 is 0.926 bits per heavy atom. The highest BCUT2D eigenvalue weighted by Crippen LogP contribution is 2.28. The summed E-state index contributed by atoms with van der Waals surface area (Å²) >= 11 is 0. The number of hydrogen-bond acceptors (Lipinski definition) is 1. The number of aromatic nitrogens is 2. The molecule has 0 atom stereocenters. The van der Waals surface area contributed by atoms with Crippen LogP contribution < -0.4 is 9.30 Å². The summed E-state index contributed by atoms with van der Waals surface area (Å²) in [5.41, 5.74) is 3.17. The normalized spacial score (nSPS) is 13.6. The van der Waals surface area contributed by atoms with Crippen LogP contribution in [0.3, 0.4) is 0 Å². The molecular formula is C21H22BrF2N2O+. The third-order valence-corrected chi connectivity index (χ3v) is 4.80. The highest BCUT2D eigenvalue weighted by molar-refractivity contribution is 8.93. The fraction of sp³-hybridized carbons (Fsp3) is 0.286. The van der Waals surface area contributed by atoms with Gasteiger partial charge < -0.3 is 4.74 Å². The molecule has 1 aliphatic heterocycles. The zero-order chi connectivity index (χ0) is 17.9. The molecule has 2 heterocycles. The number of alkyl halides is 2. The molecule has 2 aromatic carbocycles. The van der Waals surface area contributed by atoms with E-state index in [1.165, 1.54) is 25.1 Å². The molecule has 27 heavy (non-hydrogen) atoms. The standard InChI is InChI=1S/C21H21F2N2O.BrH/c22-21(23)26-18-12-10-16(11-13-18)19-15-24-14-6-2-5-9-20(24)25(19)17-7-3-1-4-8-17;/h1,3-4,7-8,10-13,15,21H,2,5-6,9,14H2;1H/q+1;. The fourth-order valence-corrected chi connectivity index (χ4v) is 3.61. The maximum atomic E-state index is 12.4. The average molecular weight is 436 g/mol. The van der Waals surface area contributed by atoms with E-state index in [0.717, 1.165) is 29.9 Å². The number of benzene rings is 2. The van der Waals surface area contributed by atoms with Crippen molar-refractivity contribution in [2.24, 2.45) is 0 Å². The lowest BCUT2D eigenvalue weighted by Gasteiger charge is -2.07. The first-order valence-electron chi connectivity index (χ1n) is 8.97. The van der Waals surface area contributed by atoms with Crippen molar-refractivity contribution in [3.63, 3.8) is 0 Å². The third-order valence-electron chi connectivity index (χ3n) is 4.80. The van der Waals surface area contributed by atoms with Crippen LogP contribution in [0.15, 0.2) is 60.8 Å². The molecule has 0 saturated carbocycles. The zero-order valence-corrected chi connectivity index (χ0v) is 16.6. The molecule has 3 nitrogen and oxygen atoms in total. The molecular weight excluding hydrogens is 414 g/mol. The molecule has 0 N–H and O–H groups in total. The third kappa shape index (κ3) is 4.21. The second kappa shape index (κ2) is 8.65. The highest BCUT2D eigenvalue weighted by Gasteiger charge is 2.27. The van der Waals surface area contributed by atoms with Gasteiger partial charge in [-0.2, -0.15) is 13.3 Å². The molecule has 0 fully saturated rings. The minimum Gasteiger partial charge on any atom is -0.435 e. The zero-order valence-electron chi connectivity index (χ0n) is 14.9. The van der Waals surface area contributed by atoms with Crippen LogP contribution in [0.25, 0.3) is 16.9 Å². The van der Waals surface area contributed by atoms with E-state index in [9.17, 15) is 8.78 Å². The van der Waals surface area contributed by atoms with Crippen LogP contribution in [0.5, 0.6) is 5.75 Å². The van der Waals surface area contributed by atoms with Crippen LogP contribution in [0, 0.1) is 0 Å². The highest BCUT2D eigenvalue weighted by atomic mass is 79.9. The molecule has 4 rings (SSSR count). The lowest BCUT2D eigenvalue weighted by atomic mass is 10.1. The van der Waals surface area contributed by atoms with Crippen LogP contribution >= 0.6 is 17.0 Å². The summed E-state index contributed by atoms with van der Waals surface area (Å²) < 4.78 is 33.9. The van der Waals surface area contributed by atoms with Gasteiger partial charge in [0.25, 0.3) is 5.82 Å². The smallest absolute Gasteiger partial charge is 0.387 e. The van der Waals surface area contributed by atoms with E-state index in [4.69, 9.17) is 0 Å².